The lowest BCUT2D eigenvalue weighted by Crippen LogP contribution is -2.63. The number of amides is 1. The predicted molar refractivity (Wildman–Crippen MR) is 119 cm³/mol. The Hall–Kier alpha value is -1.95. The van der Waals surface area contributed by atoms with E-state index in [0.29, 0.717) is 61.0 Å². The summed E-state index contributed by atoms with van der Waals surface area (Å²) in [6.07, 6.45) is 6.35. The Balaban J connectivity index is 1.54. The summed E-state index contributed by atoms with van der Waals surface area (Å²) in [5.74, 6) is 4.31. The van der Waals surface area contributed by atoms with Crippen molar-refractivity contribution in [1.82, 2.24) is 5.32 Å². The lowest BCUT2D eigenvalue weighted by atomic mass is 9.49. The van der Waals surface area contributed by atoms with Gasteiger partial charge in [0.15, 0.2) is 11.5 Å². The van der Waals surface area contributed by atoms with Crippen molar-refractivity contribution in [3.8, 4) is 17.2 Å². The molecule has 0 aromatic heterocycles. The SMILES string of the molecule is CCOc1cc(C(=O)NCC2(OC)C3CC4CC(C3)CC2C4)cc(OCC)c1OCC. The highest BCUT2D eigenvalue weighted by Crippen LogP contribution is 2.59. The Bertz CT molecular complexity index is 737. The molecule has 0 aliphatic heterocycles. The molecule has 0 atom stereocenters. The minimum Gasteiger partial charge on any atom is -0.490 e. The highest BCUT2D eigenvalue weighted by molar-refractivity contribution is 5.95. The maximum atomic E-state index is 13.2. The van der Waals surface area contributed by atoms with Gasteiger partial charge in [0.1, 0.15) is 0 Å². The summed E-state index contributed by atoms with van der Waals surface area (Å²) in [5.41, 5.74) is 0.283. The van der Waals surface area contributed by atoms with Crippen LogP contribution in [-0.4, -0.2) is 45.0 Å². The smallest absolute Gasteiger partial charge is 0.251 e. The van der Waals surface area contributed by atoms with Gasteiger partial charge in [0.25, 0.3) is 5.91 Å². The molecule has 4 bridgehead atoms. The molecule has 6 heteroatoms. The van der Waals surface area contributed by atoms with E-state index in [0.717, 1.165) is 11.8 Å². The van der Waals surface area contributed by atoms with Gasteiger partial charge in [0.2, 0.25) is 5.75 Å². The molecule has 4 fully saturated rings. The molecule has 6 nitrogen and oxygen atoms in total. The van der Waals surface area contributed by atoms with Gasteiger partial charge in [-0.2, -0.15) is 0 Å². The molecule has 0 spiro atoms. The van der Waals surface area contributed by atoms with Crippen molar-refractivity contribution in [1.29, 1.82) is 0 Å². The zero-order valence-corrected chi connectivity index (χ0v) is 19.4. The van der Waals surface area contributed by atoms with Gasteiger partial charge in [0.05, 0.1) is 25.4 Å². The Labute approximate surface area is 186 Å². The van der Waals surface area contributed by atoms with Gasteiger partial charge in [-0.3, -0.25) is 4.79 Å². The predicted octanol–water partition coefficient (Wildman–Crippen LogP) is 4.45. The van der Waals surface area contributed by atoms with Gasteiger partial charge >= 0.3 is 0 Å². The number of ether oxygens (including phenoxy) is 4. The summed E-state index contributed by atoms with van der Waals surface area (Å²) < 4.78 is 23.5. The van der Waals surface area contributed by atoms with Crippen molar-refractivity contribution < 1.29 is 23.7 Å². The lowest BCUT2D eigenvalue weighted by molar-refractivity contribution is -0.186. The quantitative estimate of drug-likeness (QED) is 0.593. The number of carbonyl (C=O) groups is 1. The fraction of sp³-hybridized carbons (Fsp3) is 0.720. The number of benzene rings is 1. The molecular formula is C25H37NO5. The minimum absolute atomic E-state index is 0.129. The Morgan fingerprint density at radius 1 is 0.903 bits per heavy atom. The monoisotopic (exact) mass is 431 g/mol. The molecule has 0 unspecified atom stereocenters. The Kier molecular flexibility index (Phi) is 6.65. The van der Waals surface area contributed by atoms with E-state index in [1.54, 1.807) is 12.1 Å². The summed E-state index contributed by atoms with van der Waals surface area (Å²) in [6.45, 7) is 7.76. The summed E-state index contributed by atoms with van der Waals surface area (Å²) in [5, 5.41) is 3.19. The summed E-state index contributed by atoms with van der Waals surface area (Å²) in [7, 11) is 1.83. The van der Waals surface area contributed by atoms with Crippen LogP contribution >= 0.6 is 0 Å². The van der Waals surface area contributed by atoms with Crippen LogP contribution in [0.25, 0.3) is 0 Å². The van der Waals surface area contributed by atoms with Crippen molar-refractivity contribution in [2.45, 2.75) is 58.5 Å². The fourth-order valence-corrected chi connectivity index (χ4v) is 6.52. The normalized spacial score (nSPS) is 30.8. The van der Waals surface area contributed by atoms with Crippen LogP contribution in [0.15, 0.2) is 12.1 Å². The Morgan fingerprint density at radius 2 is 1.42 bits per heavy atom. The summed E-state index contributed by atoms with van der Waals surface area (Å²) in [6, 6.07) is 3.51. The number of methoxy groups -OCH3 is 1. The average molecular weight is 432 g/mol. The first-order chi connectivity index (χ1) is 15.0. The first-order valence-electron chi connectivity index (χ1n) is 11.9. The molecular weight excluding hydrogens is 394 g/mol. The van der Waals surface area contributed by atoms with E-state index in [-0.39, 0.29) is 11.5 Å². The molecule has 1 aromatic rings. The first-order valence-corrected chi connectivity index (χ1v) is 11.9. The molecule has 1 amide bonds. The standard InChI is InChI=1S/C25H37NO5/c1-5-29-21-13-18(14-22(30-6-2)23(21)31-7-3)24(27)26-15-25(28-4)19-9-16-8-17(11-19)12-20(25)10-16/h13-14,16-17,19-20H,5-12,15H2,1-4H3,(H,26,27). The van der Waals surface area contributed by atoms with Crippen LogP contribution in [-0.2, 0) is 4.74 Å². The molecule has 0 heterocycles. The van der Waals surface area contributed by atoms with Gasteiger partial charge in [-0.1, -0.05) is 0 Å². The van der Waals surface area contributed by atoms with Crippen LogP contribution in [0, 0.1) is 23.7 Å². The molecule has 4 saturated carbocycles. The molecule has 0 radical (unpaired) electrons. The van der Waals surface area contributed by atoms with Crippen LogP contribution in [0.1, 0.15) is 63.2 Å². The highest BCUT2D eigenvalue weighted by atomic mass is 16.5. The van der Waals surface area contributed by atoms with Crippen LogP contribution in [0.5, 0.6) is 17.2 Å². The van der Waals surface area contributed by atoms with E-state index in [4.69, 9.17) is 18.9 Å². The molecule has 172 valence electrons. The van der Waals surface area contributed by atoms with E-state index in [2.05, 4.69) is 5.32 Å². The van der Waals surface area contributed by atoms with E-state index in [9.17, 15) is 4.79 Å². The second-order valence-corrected chi connectivity index (χ2v) is 9.25. The fourth-order valence-electron chi connectivity index (χ4n) is 6.52. The van der Waals surface area contributed by atoms with Crippen LogP contribution in [0.3, 0.4) is 0 Å². The molecule has 5 rings (SSSR count). The largest absolute Gasteiger partial charge is 0.490 e. The zero-order valence-electron chi connectivity index (χ0n) is 19.4. The highest BCUT2D eigenvalue weighted by Gasteiger charge is 2.57. The van der Waals surface area contributed by atoms with Crippen LogP contribution in [0.4, 0.5) is 0 Å². The average Bonchev–Trinajstić information content (AvgIpc) is 2.75. The van der Waals surface area contributed by atoms with E-state index in [1.807, 2.05) is 27.9 Å². The summed E-state index contributed by atoms with van der Waals surface area (Å²) in [4.78, 5) is 13.2. The topological polar surface area (TPSA) is 66.0 Å². The van der Waals surface area contributed by atoms with Crippen molar-refractivity contribution in [3.05, 3.63) is 17.7 Å². The number of rotatable bonds is 10. The third kappa shape index (κ3) is 4.11. The first kappa shape index (κ1) is 22.3. The van der Waals surface area contributed by atoms with E-state index >= 15 is 0 Å². The van der Waals surface area contributed by atoms with Gasteiger partial charge < -0.3 is 24.3 Å². The van der Waals surface area contributed by atoms with Gasteiger partial charge in [-0.25, -0.2) is 0 Å². The molecule has 4 aliphatic rings. The second-order valence-electron chi connectivity index (χ2n) is 9.25. The van der Waals surface area contributed by atoms with Crippen LogP contribution in [0.2, 0.25) is 0 Å². The van der Waals surface area contributed by atoms with Crippen molar-refractivity contribution >= 4 is 5.91 Å². The second kappa shape index (κ2) is 9.27. The molecule has 1 aromatic carbocycles. The van der Waals surface area contributed by atoms with Crippen molar-refractivity contribution in [2.75, 3.05) is 33.5 Å². The number of carbonyl (C=O) groups excluding carboxylic acids is 1. The maximum Gasteiger partial charge on any atom is 0.251 e. The molecule has 31 heavy (non-hydrogen) atoms. The molecule has 1 N–H and O–H groups in total. The number of nitrogens with one attached hydrogen (secondary N) is 1. The van der Waals surface area contributed by atoms with E-state index in [1.165, 1.54) is 32.1 Å². The van der Waals surface area contributed by atoms with Crippen LogP contribution < -0.4 is 19.5 Å². The third-order valence-electron chi connectivity index (χ3n) is 7.60. The van der Waals surface area contributed by atoms with Gasteiger partial charge in [-0.15, -0.1) is 0 Å². The van der Waals surface area contributed by atoms with Gasteiger partial charge in [0, 0.05) is 19.2 Å². The van der Waals surface area contributed by atoms with Crippen molar-refractivity contribution in [2.24, 2.45) is 23.7 Å². The number of hydrogen-bond acceptors (Lipinski definition) is 5. The zero-order chi connectivity index (χ0) is 22.0. The third-order valence-corrected chi connectivity index (χ3v) is 7.60. The number of hydrogen-bond donors (Lipinski definition) is 1. The van der Waals surface area contributed by atoms with Crippen molar-refractivity contribution in [3.63, 3.8) is 0 Å². The maximum absolute atomic E-state index is 13.2. The lowest BCUT2D eigenvalue weighted by Gasteiger charge is -2.60. The summed E-state index contributed by atoms with van der Waals surface area (Å²) >= 11 is 0. The Morgan fingerprint density at radius 3 is 1.87 bits per heavy atom. The van der Waals surface area contributed by atoms with Gasteiger partial charge in [-0.05, 0) is 88.7 Å². The molecule has 4 aliphatic carbocycles. The van der Waals surface area contributed by atoms with E-state index < -0.39 is 0 Å². The molecule has 0 saturated heterocycles. The minimum atomic E-state index is -0.236.